The zero-order valence-electron chi connectivity index (χ0n) is 17.6. The van der Waals surface area contributed by atoms with Crippen LogP contribution in [0.4, 0.5) is 4.79 Å². The third-order valence-corrected chi connectivity index (χ3v) is 5.45. The van der Waals surface area contributed by atoms with Gasteiger partial charge in [0.2, 0.25) is 11.8 Å². The first-order valence-corrected chi connectivity index (χ1v) is 9.93. The lowest BCUT2D eigenvalue weighted by Gasteiger charge is -2.46. The van der Waals surface area contributed by atoms with E-state index in [2.05, 4.69) is 19.2 Å². The molecule has 7 nitrogen and oxygen atoms in total. The molecule has 2 aliphatic heterocycles. The van der Waals surface area contributed by atoms with Crippen molar-refractivity contribution in [3.8, 4) is 0 Å². The zero-order valence-corrected chi connectivity index (χ0v) is 17.6. The van der Waals surface area contributed by atoms with E-state index < -0.39 is 11.7 Å². The third-order valence-electron chi connectivity index (χ3n) is 5.45. The van der Waals surface area contributed by atoms with Crippen molar-refractivity contribution in [2.75, 3.05) is 26.2 Å². The average molecular weight is 382 g/mol. The maximum absolute atomic E-state index is 13.0. The molecular weight excluding hydrogens is 346 g/mol. The number of hydrogen-bond donors (Lipinski definition) is 1. The van der Waals surface area contributed by atoms with Gasteiger partial charge in [-0.2, -0.15) is 0 Å². The number of piperidine rings is 2. The highest BCUT2D eigenvalue weighted by Gasteiger charge is 2.41. The summed E-state index contributed by atoms with van der Waals surface area (Å²) < 4.78 is 5.37. The van der Waals surface area contributed by atoms with Gasteiger partial charge in [0, 0.05) is 44.6 Å². The summed E-state index contributed by atoms with van der Waals surface area (Å²) in [5, 5.41) is 2.97. The number of carbonyl (C=O) groups excluding carboxylic acids is 3. The second-order valence-corrected chi connectivity index (χ2v) is 9.54. The Hall–Kier alpha value is -1.79. The summed E-state index contributed by atoms with van der Waals surface area (Å²) in [6.45, 7) is 13.7. The highest BCUT2D eigenvalue weighted by atomic mass is 16.6. The number of nitrogens with one attached hydrogen (secondary N) is 1. The Morgan fingerprint density at radius 1 is 1.07 bits per heavy atom. The van der Waals surface area contributed by atoms with Crippen molar-refractivity contribution in [3.05, 3.63) is 0 Å². The van der Waals surface area contributed by atoms with Crippen LogP contribution in [0.15, 0.2) is 0 Å². The summed E-state index contributed by atoms with van der Waals surface area (Å²) in [6, 6.07) is -0.0449. The Morgan fingerprint density at radius 2 is 1.74 bits per heavy atom. The summed E-state index contributed by atoms with van der Waals surface area (Å²) >= 11 is 0. The van der Waals surface area contributed by atoms with Crippen LogP contribution >= 0.6 is 0 Å². The van der Waals surface area contributed by atoms with Crippen LogP contribution in [-0.2, 0) is 14.3 Å². The first kappa shape index (κ1) is 21.5. The molecule has 2 rings (SSSR count). The predicted molar refractivity (Wildman–Crippen MR) is 103 cm³/mol. The molecule has 0 aromatic carbocycles. The number of amides is 3. The number of rotatable bonds is 2. The highest BCUT2D eigenvalue weighted by Crippen LogP contribution is 2.31. The van der Waals surface area contributed by atoms with E-state index in [-0.39, 0.29) is 29.2 Å². The number of hydrogen-bond acceptors (Lipinski definition) is 4. The fraction of sp³-hybridized carbons (Fsp3) is 0.850. The minimum Gasteiger partial charge on any atom is -0.444 e. The van der Waals surface area contributed by atoms with Crippen LogP contribution in [0.25, 0.3) is 0 Å². The summed E-state index contributed by atoms with van der Waals surface area (Å²) in [4.78, 5) is 40.4. The van der Waals surface area contributed by atoms with E-state index in [0.717, 1.165) is 19.4 Å². The molecule has 0 bridgehead atoms. The lowest BCUT2D eigenvalue weighted by Crippen LogP contribution is -2.58. The maximum Gasteiger partial charge on any atom is 0.407 e. The normalized spacial score (nSPS) is 25.7. The van der Waals surface area contributed by atoms with Crippen molar-refractivity contribution in [2.45, 2.75) is 72.4 Å². The lowest BCUT2D eigenvalue weighted by atomic mass is 9.78. The van der Waals surface area contributed by atoms with Crippen LogP contribution < -0.4 is 5.32 Å². The minimum atomic E-state index is -0.533. The summed E-state index contributed by atoms with van der Waals surface area (Å²) in [5.74, 6) is 0.0478. The molecule has 27 heavy (non-hydrogen) atoms. The molecule has 0 aromatic rings. The highest BCUT2D eigenvalue weighted by molar-refractivity contribution is 5.81. The number of alkyl carbamates (subject to hydrolysis) is 1. The molecule has 2 saturated heterocycles. The number of carbonyl (C=O) groups is 3. The molecule has 0 saturated carbocycles. The molecule has 0 aromatic heterocycles. The van der Waals surface area contributed by atoms with Crippen molar-refractivity contribution < 1.29 is 19.1 Å². The molecule has 0 radical (unpaired) electrons. The topological polar surface area (TPSA) is 79.0 Å². The molecule has 3 amide bonds. The van der Waals surface area contributed by atoms with Gasteiger partial charge in [-0.1, -0.05) is 13.8 Å². The predicted octanol–water partition coefficient (Wildman–Crippen LogP) is 2.40. The lowest BCUT2D eigenvalue weighted by molar-refractivity contribution is -0.143. The van der Waals surface area contributed by atoms with Gasteiger partial charge in [0.1, 0.15) is 5.60 Å². The van der Waals surface area contributed by atoms with Crippen molar-refractivity contribution in [1.29, 1.82) is 0 Å². The van der Waals surface area contributed by atoms with E-state index in [1.807, 2.05) is 25.7 Å². The quantitative estimate of drug-likeness (QED) is 0.797. The van der Waals surface area contributed by atoms with Gasteiger partial charge in [-0.05, 0) is 40.0 Å². The Morgan fingerprint density at radius 3 is 2.30 bits per heavy atom. The third kappa shape index (κ3) is 5.84. The Balaban J connectivity index is 1.95. The molecule has 7 heteroatoms. The van der Waals surface area contributed by atoms with Crippen LogP contribution in [-0.4, -0.2) is 65.5 Å². The number of ether oxygens (including phenoxy) is 1. The van der Waals surface area contributed by atoms with Crippen LogP contribution in [0.5, 0.6) is 0 Å². The smallest absolute Gasteiger partial charge is 0.407 e. The largest absolute Gasteiger partial charge is 0.444 e. The number of nitrogens with zero attached hydrogens (tertiary/aromatic N) is 2. The van der Waals surface area contributed by atoms with Crippen molar-refractivity contribution in [1.82, 2.24) is 15.1 Å². The van der Waals surface area contributed by atoms with Crippen molar-refractivity contribution >= 4 is 17.9 Å². The second-order valence-electron chi connectivity index (χ2n) is 9.54. The maximum atomic E-state index is 13.0. The minimum absolute atomic E-state index is 0.0353. The van der Waals surface area contributed by atoms with Gasteiger partial charge in [0.15, 0.2) is 0 Å². The van der Waals surface area contributed by atoms with Crippen molar-refractivity contribution in [2.24, 2.45) is 11.3 Å². The average Bonchev–Trinajstić information content (AvgIpc) is 2.54. The molecule has 0 unspecified atom stereocenters. The summed E-state index contributed by atoms with van der Waals surface area (Å²) in [5.41, 5.74) is -0.784. The van der Waals surface area contributed by atoms with E-state index in [1.54, 1.807) is 11.8 Å². The van der Waals surface area contributed by atoms with Crippen LogP contribution in [0.3, 0.4) is 0 Å². The van der Waals surface area contributed by atoms with E-state index in [9.17, 15) is 14.4 Å². The zero-order chi connectivity index (χ0) is 20.4. The van der Waals surface area contributed by atoms with Crippen LogP contribution in [0, 0.1) is 11.3 Å². The van der Waals surface area contributed by atoms with E-state index >= 15 is 0 Å². The molecule has 2 heterocycles. The van der Waals surface area contributed by atoms with E-state index in [4.69, 9.17) is 4.74 Å². The molecule has 2 fully saturated rings. The van der Waals surface area contributed by atoms with Gasteiger partial charge in [-0.15, -0.1) is 0 Å². The second kappa shape index (κ2) is 8.07. The first-order valence-electron chi connectivity index (χ1n) is 9.93. The van der Waals surface area contributed by atoms with Gasteiger partial charge < -0.3 is 19.9 Å². The van der Waals surface area contributed by atoms with Crippen LogP contribution in [0.2, 0.25) is 0 Å². The molecule has 2 aliphatic rings. The van der Waals surface area contributed by atoms with E-state index in [0.29, 0.717) is 26.1 Å². The molecule has 1 N–H and O–H groups in total. The van der Waals surface area contributed by atoms with Crippen molar-refractivity contribution in [3.63, 3.8) is 0 Å². The fourth-order valence-corrected chi connectivity index (χ4v) is 3.99. The first-order chi connectivity index (χ1) is 12.4. The Labute approximate surface area is 162 Å². The monoisotopic (exact) mass is 381 g/mol. The number of likely N-dealkylation sites (tertiary alicyclic amines) is 2. The molecular formula is C20H35N3O4. The van der Waals surface area contributed by atoms with E-state index in [1.165, 1.54) is 0 Å². The summed E-state index contributed by atoms with van der Waals surface area (Å²) in [7, 11) is 0. The van der Waals surface area contributed by atoms with Gasteiger partial charge in [0.25, 0.3) is 0 Å². The van der Waals surface area contributed by atoms with Gasteiger partial charge in [-0.3, -0.25) is 9.59 Å². The fourth-order valence-electron chi connectivity index (χ4n) is 3.99. The molecule has 0 spiro atoms. The SMILES string of the molecule is CC(=O)N1CCC[C@@H](C(=O)N2CC[C@@H](NC(=O)OC(C)(C)C)C(C)(C)C2)C1. The van der Waals surface area contributed by atoms with Crippen LogP contribution in [0.1, 0.15) is 60.8 Å². The molecule has 2 atom stereocenters. The molecule has 154 valence electrons. The molecule has 0 aliphatic carbocycles. The Kier molecular flexibility index (Phi) is 6.43. The van der Waals surface area contributed by atoms with Gasteiger partial charge in [-0.25, -0.2) is 4.79 Å². The standard InChI is InChI=1S/C20H35N3O4/c1-14(24)22-10-7-8-15(12-22)17(25)23-11-9-16(20(5,6)13-23)21-18(26)27-19(2,3)4/h15-16H,7-13H2,1-6H3,(H,21,26)/t15-,16-/m1/s1. The van der Waals surface area contributed by atoms with Gasteiger partial charge >= 0.3 is 6.09 Å². The van der Waals surface area contributed by atoms with Gasteiger partial charge in [0.05, 0.1) is 5.92 Å². The summed E-state index contributed by atoms with van der Waals surface area (Å²) in [6.07, 6.45) is 1.99. The Bertz CT molecular complexity index is 582.